The molecule has 0 atom stereocenters. The van der Waals surface area contributed by atoms with E-state index in [9.17, 15) is 19.8 Å². The largest absolute Gasteiger partial charge is 0.508 e. The molecule has 0 saturated heterocycles. The van der Waals surface area contributed by atoms with E-state index in [0.29, 0.717) is 21.9 Å². The fraction of sp³-hybridized carbons (Fsp3) is 0. The Morgan fingerprint density at radius 2 is 1.50 bits per heavy atom. The highest BCUT2D eigenvalue weighted by Gasteiger charge is 2.15. The molecule has 3 aromatic carbocycles. The Labute approximate surface area is 126 Å². The van der Waals surface area contributed by atoms with Gasteiger partial charge in [-0.3, -0.25) is 4.79 Å². The number of carboxylic acid groups (broad SMARTS) is 1. The van der Waals surface area contributed by atoms with Crippen LogP contribution in [0.25, 0.3) is 10.8 Å². The molecule has 0 radical (unpaired) electrons. The number of carbonyl (C=O) groups is 2. The van der Waals surface area contributed by atoms with Crippen LogP contribution in [0.1, 0.15) is 26.3 Å². The zero-order chi connectivity index (χ0) is 15.7. The number of hydrogen-bond acceptors (Lipinski definition) is 3. The van der Waals surface area contributed by atoms with Crippen molar-refractivity contribution in [3.63, 3.8) is 0 Å². The molecule has 3 rings (SSSR count). The van der Waals surface area contributed by atoms with E-state index in [1.165, 1.54) is 30.3 Å². The fourth-order valence-electron chi connectivity index (χ4n) is 2.40. The number of fused-ring (bicyclic) bond motifs is 1. The van der Waals surface area contributed by atoms with Crippen molar-refractivity contribution in [1.29, 1.82) is 0 Å². The van der Waals surface area contributed by atoms with Crippen LogP contribution in [-0.4, -0.2) is 22.0 Å². The molecule has 0 aliphatic rings. The van der Waals surface area contributed by atoms with Gasteiger partial charge in [0.15, 0.2) is 5.78 Å². The van der Waals surface area contributed by atoms with E-state index in [-0.39, 0.29) is 17.1 Å². The van der Waals surface area contributed by atoms with Crippen LogP contribution in [0.5, 0.6) is 5.75 Å². The smallest absolute Gasteiger partial charge is 0.336 e. The first kappa shape index (κ1) is 13.8. The first-order chi connectivity index (χ1) is 10.6. The number of rotatable bonds is 3. The van der Waals surface area contributed by atoms with Crippen LogP contribution in [0.2, 0.25) is 0 Å². The van der Waals surface area contributed by atoms with Gasteiger partial charge in [0.25, 0.3) is 0 Å². The van der Waals surface area contributed by atoms with Gasteiger partial charge in [-0.1, -0.05) is 24.3 Å². The van der Waals surface area contributed by atoms with E-state index in [0.717, 1.165) is 0 Å². The molecule has 2 N–H and O–H groups in total. The first-order valence-corrected chi connectivity index (χ1v) is 6.66. The highest BCUT2D eigenvalue weighted by Crippen LogP contribution is 2.23. The quantitative estimate of drug-likeness (QED) is 0.725. The van der Waals surface area contributed by atoms with Gasteiger partial charge in [0.1, 0.15) is 5.75 Å². The monoisotopic (exact) mass is 292 g/mol. The van der Waals surface area contributed by atoms with Gasteiger partial charge >= 0.3 is 5.97 Å². The molecule has 4 heteroatoms. The van der Waals surface area contributed by atoms with E-state index in [1.807, 2.05) is 0 Å². The van der Waals surface area contributed by atoms with Gasteiger partial charge in [-0.15, -0.1) is 0 Å². The van der Waals surface area contributed by atoms with Gasteiger partial charge in [0.2, 0.25) is 0 Å². The molecule has 0 aliphatic carbocycles. The lowest BCUT2D eigenvalue weighted by molar-refractivity contribution is 0.0699. The number of carboxylic acids is 1. The topological polar surface area (TPSA) is 74.6 Å². The number of hydrogen-bond donors (Lipinski definition) is 2. The standard InChI is InChI=1S/C18H12O4/c19-14-7-5-11(6-8-14)17(20)13-9-12-3-1-2-4-15(12)16(10-13)18(21)22/h1-10,19H,(H,21,22). The Kier molecular flexibility index (Phi) is 3.35. The van der Waals surface area contributed by atoms with Crippen LogP contribution in [0.15, 0.2) is 60.7 Å². The number of phenolic OH excluding ortho intramolecular Hbond substituents is 1. The summed E-state index contributed by atoms with van der Waals surface area (Å²) in [5.41, 5.74) is 0.798. The van der Waals surface area contributed by atoms with Crippen LogP contribution in [0.4, 0.5) is 0 Å². The molecule has 0 amide bonds. The van der Waals surface area contributed by atoms with Gasteiger partial charge in [0.05, 0.1) is 5.56 Å². The minimum atomic E-state index is -1.07. The number of aromatic hydroxyl groups is 1. The summed E-state index contributed by atoms with van der Waals surface area (Å²) in [5.74, 6) is -1.29. The summed E-state index contributed by atoms with van der Waals surface area (Å²) < 4.78 is 0. The Morgan fingerprint density at radius 1 is 0.818 bits per heavy atom. The van der Waals surface area contributed by atoms with Gasteiger partial charge in [-0.2, -0.15) is 0 Å². The predicted octanol–water partition coefficient (Wildman–Crippen LogP) is 3.47. The molecule has 0 aliphatic heterocycles. The maximum atomic E-state index is 12.5. The van der Waals surface area contributed by atoms with Gasteiger partial charge in [-0.05, 0) is 47.2 Å². The van der Waals surface area contributed by atoms with Crippen molar-refractivity contribution in [2.75, 3.05) is 0 Å². The van der Waals surface area contributed by atoms with E-state index in [4.69, 9.17) is 0 Å². The van der Waals surface area contributed by atoms with Crippen molar-refractivity contribution in [2.24, 2.45) is 0 Å². The first-order valence-electron chi connectivity index (χ1n) is 6.66. The number of ketones is 1. The Balaban J connectivity index is 2.16. The number of phenols is 1. The second-order valence-corrected chi connectivity index (χ2v) is 4.93. The average Bonchev–Trinajstić information content (AvgIpc) is 2.53. The highest BCUT2D eigenvalue weighted by atomic mass is 16.4. The molecule has 0 unspecified atom stereocenters. The molecule has 3 aromatic rings. The summed E-state index contributed by atoms with van der Waals surface area (Å²) in [7, 11) is 0. The molecule has 4 nitrogen and oxygen atoms in total. The Bertz CT molecular complexity index is 879. The third kappa shape index (κ3) is 2.42. The summed E-state index contributed by atoms with van der Waals surface area (Å²) in [4.78, 5) is 23.9. The van der Waals surface area contributed by atoms with Crippen LogP contribution in [0, 0.1) is 0 Å². The Hall–Kier alpha value is -3.14. The minimum absolute atomic E-state index is 0.0706. The Morgan fingerprint density at radius 3 is 2.18 bits per heavy atom. The van der Waals surface area contributed by atoms with Gasteiger partial charge in [0, 0.05) is 11.1 Å². The highest BCUT2D eigenvalue weighted by molar-refractivity contribution is 6.14. The summed E-state index contributed by atoms with van der Waals surface area (Å²) in [6, 6.07) is 16.0. The zero-order valence-electron chi connectivity index (χ0n) is 11.5. The molecule has 0 spiro atoms. The molecular formula is C18H12O4. The predicted molar refractivity (Wildman–Crippen MR) is 82.4 cm³/mol. The summed E-state index contributed by atoms with van der Waals surface area (Å²) in [6.45, 7) is 0. The molecular weight excluding hydrogens is 280 g/mol. The maximum Gasteiger partial charge on any atom is 0.336 e. The van der Waals surface area contributed by atoms with Crippen LogP contribution in [0.3, 0.4) is 0 Å². The molecule has 0 bridgehead atoms. The summed E-state index contributed by atoms with van der Waals surface area (Å²) in [5, 5.41) is 19.9. The number of aromatic carboxylic acids is 1. The third-order valence-electron chi connectivity index (χ3n) is 3.48. The van der Waals surface area contributed by atoms with E-state index >= 15 is 0 Å². The summed E-state index contributed by atoms with van der Waals surface area (Å²) >= 11 is 0. The second-order valence-electron chi connectivity index (χ2n) is 4.93. The SMILES string of the molecule is O=C(c1ccc(O)cc1)c1cc(C(=O)O)c2ccccc2c1. The number of carbonyl (C=O) groups excluding carboxylic acids is 1. The zero-order valence-corrected chi connectivity index (χ0v) is 11.5. The maximum absolute atomic E-state index is 12.5. The molecule has 108 valence electrons. The van der Waals surface area contributed by atoms with Crippen molar-refractivity contribution in [1.82, 2.24) is 0 Å². The summed E-state index contributed by atoms with van der Waals surface area (Å²) in [6.07, 6.45) is 0. The van der Waals surface area contributed by atoms with Crippen LogP contribution >= 0.6 is 0 Å². The van der Waals surface area contributed by atoms with Crippen molar-refractivity contribution >= 4 is 22.5 Å². The lowest BCUT2D eigenvalue weighted by Crippen LogP contribution is -2.05. The van der Waals surface area contributed by atoms with E-state index in [2.05, 4.69) is 0 Å². The lowest BCUT2D eigenvalue weighted by Gasteiger charge is -2.07. The normalized spacial score (nSPS) is 10.5. The molecule has 0 heterocycles. The van der Waals surface area contributed by atoms with E-state index < -0.39 is 5.97 Å². The van der Waals surface area contributed by atoms with Gasteiger partial charge in [-0.25, -0.2) is 4.79 Å². The van der Waals surface area contributed by atoms with Crippen molar-refractivity contribution in [2.45, 2.75) is 0 Å². The molecule has 22 heavy (non-hydrogen) atoms. The average molecular weight is 292 g/mol. The number of benzene rings is 3. The van der Waals surface area contributed by atoms with E-state index in [1.54, 1.807) is 30.3 Å². The lowest BCUT2D eigenvalue weighted by atomic mass is 9.96. The van der Waals surface area contributed by atoms with Crippen molar-refractivity contribution in [3.05, 3.63) is 77.4 Å². The van der Waals surface area contributed by atoms with Gasteiger partial charge < -0.3 is 10.2 Å². The molecule has 0 saturated carbocycles. The second kappa shape index (κ2) is 5.33. The van der Waals surface area contributed by atoms with Crippen molar-refractivity contribution < 1.29 is 19.8 Å². The third-order valence-corrected chi connectivity index (χ3v) is 3.48. The minimum Gasteiger partial charge on any atom is -0.508 e. The molecule has 0 aromatic heterocycles. The van der Waals surface area contributed by atoms with Crippen LogP contribution in [-0.2, 0) is 0 Å². The van der Waals surface area contributed by atoms with Crippen molar-refractivity contribution in [3.8, 4) is 5.75 Å². The fourth-order valence-corrected chi connectivity index (χ4v) is 2.40. The molecule has 0 fully saturated rings. The van der Waals surface area contributed by atoms with Crippen LogP contribution < -0.4 is 0 Å².